The largest absolute Gasteiger partial charge is 0.397 e. The average Bonchev–Trinajstić information content (AvgIpc) is 2.32. The molecule has 2 rings (SSSR count). The van der Waals surface area contributed by atoms with Crippen LogP contribution >= 0.6 is 11.6 Å². The van der Waals surface area contributed by atoms with Gasteiger partial charge < -0.3 is 15.5 Å². The van der Waals surface area contributed by atoms with Crippen LogP contribution in [-0.4, -0.2) is 37.0 Å². The van der Waals surface area contributed by atoms with Gasteiger partial charge in [-0.15, -0.1) is 0 Å². The molecule has 1 fully saturated rings. The van der Waals surface area contributed by atoms with Crippen LogP contribution in [0.4, 0.5) is 11.4 Å². The Kier molecular flexibility index (Phi) is 3.43. The number of hydrogen-bond acceptors (Lipinski definition) is 3. The molecule has 0 spiro atoms. The number of nitrogen functional groups attached to an aromatic ring is 1. The van der Waals surface area contributed by atoms with Gasteiger partial charge in [0.25, 0.3) is 0 Å². The van der Waals surface area contributed by atoms with Crippen LogP contribution in [0.5, 0.6) is 0 Å². The van der Waals surface area contributed by atoms with Crippen LogP contribution in [0, 0.1) is 0 Å². The van der Waals surface area contributed by atoms with E-state index in [1.807, 2.05) is 17.0 Å². The van der Waals surface area contributed by atoms with Crippen molar-refractivity contribution < 1.29 is 4.79 Å². The zero-order valence-electron chi connectivity index (χ0n) is 9.82. The van der Waals surface area contributed by atoms with Crippen molar-refractivity contribution in [2.24, 2.45) is 0 Å². The molecule has 1 aliphatic rings. The topological polar surface area (TPSA) is 49.6 Å². The Bertz CT molecular complexity index is 428. The van der Waals surface area contributed by atoms with E-state index in [9.17, 15) is 4.79 Å². The molecular formula is C12H16ClN3O. The Labute approximate surface area is 106 Å². The lowest BCUT2D eigenvalue weighted by Crippen LogP contribution is -2.48. The maximum Gasteiger partial charge on any atom is 0.219 e. The SMILES string of the molecule is CC(=O)N1CCN(c2cc(Cl)ccc2N)CC1. The third kappa shape index (κ3) is 2.64. The van der Waals surface area contributed by atoms with Crippen molar-refractivity contribution in [2.45, 2.75) is 6.92 Å². The normalized spacial score (nSPS) is 16.1. The number of rotatable bonds is 1. The lowest BCUT2D eigenvalue weighted by molar-refractivity contribution is -0.129. The van der Waals surface area contributed by atoms with Crippen LogP contribution in [0.2, 0.25) is 5.02 Å². The highest BCUT2D eigenvalue weighted by atomic mass is 35.5. The van der Waals surface area contributed by atoms with Gasteiger partial charge in [0.05, 0.1) is 11.4 Å². The number of carbonyl (C=O) groups excluding carboxylic acids is 1. The molecule has 0 aromatic heterocycles. The summed E-state index contributed by atoms with van der Waals surface area (Å²) in [6.45, 7) is 4.67. The zero-order chi connectivity index (χ0) is 12.4. The van der Waals surface area contributed by atoms with Crippen molar-refractivity contribution in [2.75, 3.05) is 36.8 Å². The smallest absolute Gasteiger partial charge is 0.219 e. The van der Waals surface area contributed by atoms with Gasteiger partial charge in [0, 0.05) is 38.1 Å². The van der Waals surface area contributed by atoms with Crippen LogP contribution < -0.4 is 10.6 Å². The highest BCUT2D eigenvalue weighted by Gasteiger charge is 2.20. The summed E-state index contributed by atoms with van der Waals surface area (Å²) in [5.74, 6) is 0.128. The fourth-order valence-corrected chi connectivity index (χ4v) is 2.22. The summed E-state index contributed by atoms with van der Waals surface area (Å²) in [7, 11) is 0. The van der Waals surface area contributed by atoms with E-state index in [1.54, 1.807) is 13.0 Å². The fraction of sp³-hybridized carbons (Fsp3) is 0.417. The second-order valence-electron chi connectivity index (χ2n) is 4.20. The molecule has 1 aromatic carbocycles. The molecule has 2 N–H and O–H groups in total. The molecule has 0 aliphatic carbocycles. The summed E-state index contributed by atoms with van der Waals surface area (Å²) in [4.78, 5) is 15.2. The van der Waals surface area contributed by atoms with E-state index in [4.69, 9.17) is 17.3 Å². The van der Waals surface area contributed by atoms with E-state index in [0.29, 0.717) is 5.02 Å². The number of piperazine rings is 1. The van der Waals surface area contributed by atoms with Crippen LogP contribution in [0.1, 0.15) is 6.92 Å². The molecule has 1 amide bonds. The van der Waals surface area contributed by atoms with E-state index in [0.717, 1.165) is 37.6 Å². The van der Waals surface area contributed by atoms with Gasteiger partial charge in [-0.25, -0.2) is 0 Å². The number of anilines is 2. The van der Waals surface area contributed by atoms with Gasteiger partial charge >= 0.3 is 0 Å². The van der Waals surface area contributed by atoms with Crippen molar-refractivity contribution >= 4 is 28.9 Å². The van der Waals surface area contributed by atoms with E-state index in [1.165, 1.54) is 0 Å². The van der Waals surface area contributed by atoms with Gasteiger partial charge in [-0.05, 0) is 18.2 Å². The molecule has 4 nitrogen and oxygen atoms in total. The summed E-state index contributed by atoms with van der Waals surface area (Å²) >= 11 is 5.97. The number of hydrogen-bond donors (Lipinski definition) is 1. The molecule has 17 heavy (non-hydrogen) atoms. The number of amides is 1. The first-order valence-corrected chi connectivity index (χ1v) is 6.01. The molecule has 0 unspecified atom stereocenters. The van der Waals surface area contributed by atoms with Crippen molar-refractivity contribution in [1.29, 1.82) is 0 Å². The molecule has 0 saturated carbocycles. The van der Waals surface area contributed by atoms with Gasteiger partial charge in [-0.1, -0.05) is 11.6 Å². The number of halogens is 1. The molecule has 5 heteroatoms. The Morgan fingerprint density at radius 3 is 2.53 bits per heavy atom. The van der Waals surface area contributed by atoms with Gasteiger partial charge in [0.2, 0.25) is 5.91 Å². The second kappa shape index (κ2) is 4.84. The highest BCUT2D eigenvalue weighted by molar-refractivity contribution is 6.31. The van der Waals surface area contributed by atoms with E-state index >= 15 is 0 Å². The molecule has 1 saturated heterocycles. The number of nitrogens with two attached hydrogens (primary N) is 1. The predicted molar refractivity (Wildman–Crippen MR) is 70.3 cm³/mol. The lowest BCUT2D eigenvalue weighted by Gasteiger charge is -2.36. The van der Waals surface area contributed by atoms with Crippen LogP contribution in [0.3, 0.4) is 0 Å². The van der Waals surface area contributed by atoms with Crippen LogP contribution in [0.25, 0.3) is 0 Å². The van der Waals surface area contributed by atoms with Crippen LogP contribution in [0.15, 0.2) is 18.2 Å². The first kappa shape index (κ1) is 12.0. The summed E-state index contributed by atoms with van der Waals surface area (Å²) in [6.07, 6.45) is 0. The minimum absolute atomic E-state index is 0.128. The average molecular weight is 254 g/mol. The van der Waals surface area contributed by atoms with Gasteiger partial charge in [0.1, 0.15) is 0 Å². The number of nitrogens with zero attached hydrogens (tertiary/aromatic N) is 2. The molecule has 1 aliphatic heterocycles. The van der Waals surface area contributed by atoms with E-state index in [2.05, 4.69) is 4.90 Å². The Morgan fingerprint density at radius 1 is 1.29 bits per heavy atom. The Balaban J connectivity index is 2.10. The molecule has 0 radical (unpaired) electrons. The summed E-state index contributed by atoms with van der Waals surface area (Å²) in [6, 6.07) is 5.47. The maximum atomic E-state index is 11.2. The summed E-state index contributed by atoms with van der Waals surface area (Å²) in [5.41, 5.74) is 7.62. The third-order valence-corrected chi connectivity index (χ3v) is 3.29. The summed E-state index contributed by atoms with van der Waals surface area (Å²) < 4.78 is 0. The lowest BCUT2D eigenvalue weighted by atomic mass is 10.2. The first-order valence-electron chi connectivity index (χ1n) is 5.63. The number of carbonyl (C=O) groups is 1. The Hall–Kier alpha value is -1.42. The molecule has 1 heterocycles. The standard InChI is InChI=1S/C12H16ClN3O/c1-9(17)15-4-6-16(7-5-15)12-8-10(13)2-3-11(12)14/h2-3,8H,4-7,14H2,1H3. The first-order chi connectivity index (χ1) is 8.08. The Morgan fingerprint density at radius 2 is 1.94 bits per heavy atom. The molecule has 0 atom stereocenters. The minimum atomic E-state index is 0.128. The van der Waals surface area contributed by atoms with Gasteiger partial charge in [-0.2, -0.15) is 0 Å². The van der Waals surface area contributed by atoms with E-state index < -0.39 is 0 Å². The van der Waals surface area contributed by atoms with Crippen molar-refractivity contribution in [3.63, 3.8) is 0 Å². The fourth-order valence-electron chi connectivity index (χ4n) is 2.05. The predicted octanol–water partition coefficient (Wildman–Crippen LogP) is 1.59. The third-order valence-electron chi connectivity index (χ3n) is 3.06. The van der Waals surface area contributed by atoms with Gasteiger partial charge in [0.15, 0.2) is 0 Å². The van der Waals surface area contributed by atoms with Crippen molar-refractivity contribution in [3.8, 4) is 0 Å². The number of benzene rings is 1. The van der Waals surface area contributed by atoms with E-state index in [-0.39, 0.29) is 5.91 Å². The summed E-state index contributed by atoms with van der Waals surface area (Å²) in [5, 5.41) is 0.684. The molecule has 1 aromatic rings. The quantitative estimate of drug-likeness (QED) is 0.774. The molecular weight excluding hydrogens is 238 g/mol. The molecule has 92 valence electrons. The second-order valence-corrected chi connectivity index (χ2v) is 4.63. The maximum absolute atomic E-state index is 11.2. The zero-order valence-corrected chi connectivity index (χ0v) is 10.6. The highest BCUT2D eigenvalue weighted by Crippen LogP contribution is 2.27. The van der Waals surface area contributed by atoms with Crippen molar-refractivity contribution in [3.05, 3.63) is 23.2 Å². The molecule has 0 bridgehead atoms. The minimum Gasteiger partial charge on any atom is -0.397 e. The monoisotopic (exact) mass is 253 g/mol. The van der Waals surface area contributed by atoms with Gasteiger partial charge in [-0.3, -0.25) is 4.79 Å². The van der Waals surface area contributed by atoms with Crippen LogP contribution in [-0.2, 0) is 4.79 Å². The van der Waals surface area contributed by atoms with Crippen molar-refractivity contribution in [1.82, 2.24) is 4.90 Å².